The molecule has 0 saturated carbocycles. The zero-order valence-electron chi connectivity index (χ0n) is 19.3. The minimum atomic E-state index is -1.04. The largest absolute Gasteiger partial charge is 0.496 e. The number of aromatic nitrogens is 3. The van der Waals surface area contributed by atoms with E-state index in [0.717, 1.165) is 22.4 Å². The molecule has 0 bridgehead atoms. The van der Waals surface area contributed by atoms with E-state index in [1.807, 2.05) is 29.5 Å². The van der Waals surface area contributed by atoms with E-state index in [1.165, 1.54) is 12.4 Å². The molecule has 10 heteroatoms. The summed E-state index contributed by atoms with van der Waals surface area (Å²) in [7, 11) is 3.47. The second-order valence-electron chi connectivity index (χ2n) is 7.67. The van der Waals surface area contributed by atoms with E-state index >= 15 is 0 Å². The van der Waals surface area contributed by atoms with Gasteiger partial charge in [0.05, 0.1) is 29.8 Å². The molecule has 0 saturated heterocycles. The van der Waals surface area contributed by atoms with Crippen LogP contribution in [0.1, 0.15) is 22.3 Å². The van der Waals surface area contributed by atoms with E-state index in [9.17, 15) is 14.3 Å². The van der Waals surface area contributed by atoms with Crippen molar-refractivity contribution in [3.63, 3.8) is 0 Å². The molecule has 3 aromatic heterocycles. The molecule has 34 heavy (non-hydrogen) atoms. The van der Waals surface area contributed by atoms with Crippen molar-refractivity contribution >= 4 is 34.0 Å². The molecular weight excluding hydrogens is 459 g/mol. The van der Waals surface area contributed by atoms with Crippen molar-refractivity contribution < 1.29 is 23.8 Å². The van der Waals surface area contributed by atoms with Gasteiger partial charge in [0.1, 0.15) is 29.5 Å². The third-order valence-electron chi connectivity index (χ3n) is 5.54. The Labute approximate surface area is 200 Å². The van der Waals surface area contributed by atoms with Crippen molar-refractivity contribution in [3.8, 4) is 22.1 Å². The monoisotopic (exact) mass is 484 g/mol. The Balaban J connectivity index is 1.58. The van der Waals surface area contributed by atoms with E-state index in [1.54, 1.807) is 32.2 Å². The number of rotatable bonds is 9. The van der Waals surface area contributed by atoms with Gasteiger partial charge >= 0.3 is 5.97 Å². The van der Waals surface area contributed by atoms with Crippen LogP contribution in [0.3, 0.4) is 0 Å². The zero-order valence-corrected chi connectivity index (χ0v) is 20.1. The molecule has 1 aromatic carbocycles. The van der Waals surface area contributed by atoms with Gasteiger partial charge in [-0.3, -0.25) is 0 Å². The molecule has 3 heterocycles. The highest BCUT2D eigenvalue weighted by molar-refractivity contribution is 7.17. The Morgan fingerprint density at radius 2 is 2.03 bits per heavy atom. The first-order chi connectivity index (χ1) is 16.3. The van der Waals surface area contributed by atoms with Crippen LogP contribution in [0.4, 0.5) is 10.2 Å². The summed E-state index contributed by atoms with van der Waals surface area (Å²) >= 11 is 1.11. The van der Waals surface area contributed by atoms with Crippen LogP contribution >= 0.6 is 11.3 Å². The average Bonchev–Trinajstić information content (AvgIpc) is 3.40. The van der Waals surface area contributed by atoms with Crippen LogP contribution in [-0.2, 0) is 6.54 Å². The summed E-state index contributed by atoms with van der Waals surface area (Å²) in [5, 5.41) is 10.2. The minimum Gasteiger partial charge on any atom is -0.496 e. The number of thiophene rings is 1. The Morgan fingerprint density at radius 1 is 1.24 bits per heavy atom. The van der Waals surface area contributed by atoms with Gasteiger partial charge in [-0.2, -0.15) is 0 Å². The molecule has 4 rings (SSSR count). The van der Waals surface area contributed by atoms with E-state index in [2.05, 4.69) is 9.97 Å². The summed E-state index contributed by atoms with van der Waals surface area (Å²) in [4.78, 5) is 23.0. The first-order valence-corrected chi connectivity index (χ1v) is 11.5. The molecule has 8 nitrogen and oxygen atoms in total. The second kappa shape index (κ2) is 9.68. The van der Waals surface area contributed by atoms with Crippen molar-refractivity contribution in [2.45, 2.75) is 20.4 Å². The molecule has 178 valence electrons. The number of hydrogen-bond acceptors (Lipinski definition) is 7. The number of ether oxygens (including phenoxy) is 2. The van der Waals surface area contributed by atoms with Crippen LogP contribution in [0.2, 0.25) is 0 Å². The molecule has 0 atom stereocenters. The van der Waals surface area contributed by atoms with E-state index < -0.39 is 5.97 Å². The van der Waals surface area contributed by atoms with Crippen molar-refractivity contribution in [2.24, 2.45) is 0 Å². The number of aryl methyl sites for hydroxylation is 1. The Bertz CT molecular complexity index is 1350. The Hall–Kier alpha value is -3.66. The molecule has 0 aliphatic rings. The van der Waals surface area contributed by atoms with Gasteiger partial charge in [0.25, 0.3) is 0 Å². The quantitative estimate of drug-likeness (QED) is 0.363. The lowest BCUT2D eigenvalue weighted by atomic mass is 10.2. The van der Waals surface area contributed by atoms with Crippen molar-refractivity contribution in [1.29, 1.82) is 0 Å². The summed E-state index contributed by atoms with van der Waals surface area (Å²) in [6.07, 6.45) is 1.45. The number of carbonyl (C=O) groups is 1. The van der Waals surface area contributed by atoms with Gasteiger partial charge in [-0.25, -0.2) is 19.2 Å². The van der Waals surface area contributed by atoms with E-state index in [4.69, 9.17) is 9.47 Å². The summed E-state index contributed by atoms with van der Waals surface area (Å²) in [6, 6.07) is 8.47. The number of fused-ring (bicyclic) bond motifs is 1. The summed E-state index contributed by atoms with van der Waals surface area (Å²) < 4.78 is 27.4. The molecule has 0 aliphatic carbocycles. The van der Waals surface area contributed by atoms with Crippen LogP contribution in [0.15, 0.2) is 36.7 Å². The first-order valence-electron chi connectivity index (χ1n) is 10.7. The number of anilines is 1. The van der Waals surface area contributed by atoms with E-state index in [-0.39, 0.29) is 10.7 Å². The number of nitrogens with zero attached hydrogens (tertiary/aromatic N) is 4. The maximum atomic E-state index is 14.6. The lowest BCUT2D eigenvalue weighted by Gasteiger charge is -2.20. The van der Waals surface area contributed by atoms with Gasteiger partial charge in [0.15, 0.2) is 4.88 Å². The van der Waals surface area contributed by atoms with E-state index in [0.29, 0.717) is 53.1 Å². The van der Waals surface area contributed by atoms with Crippen LogP contribution in [0.25, 0.3) is 21.5 Å². The predicted molar refractivity (Wildman–Crippen MR) is 130 cm³/mol. The minimum absolute atomic E-state index is 0.137. The summed E-state index contributed by atoms with van der Waals surface area (Å²) in [5.74, 6) is 0.295. The number of methoxy groups -OCH3 is 1. The van der Waals surface area contributed by atoms with Crippen molar-refractivity contribution in [1.82, 2.24) is 14.5 Å². The maximum Gasteiger partial charge on any atom is 0.349 e. The SMILES string of the molecule is CCOc1cc(-c2cc(N(C)CCn3c(C)cc4c(OC)ccc(F)c43)ncn2)sc1C(=O)O. The fraction of sp³-hybridized carbons (Fsp3) is 0.292. The van der Waals surface area contributed by atoms with Crippen LogP contribution in [0.5, 0.6) is 11.5 Å². The molecule has 0 amide bonds. The van der Waals surface area contributed by atoms with Crippen LogP contribution < -0.4 is 14.4 Å². The topological polar surface area (TPSA) is 89.7 Å². The number of likely N-dealkylation sites (N-methyl/N-ethyl adjacent to an activating group) is 1. The number of benzene rings is 1. The first kappa shape index (κ1) is 23.5. The van der Waals surface area contributed by atoms with Crippen molar-refractivity contribution in [2.75, 3.05) is 32.2 Å². The molecule has 0 aliphatic heterocycles. The normalized spacial score (nSPS) is 11.1. The Kier molecular flexibility index (Phi) is 6.69. The number of carboxylic acids is 1. The smallest absolute Gasteiger partial charge is 0.349 e. The summed E-state index contributed by atoms with van der Waals surface area (Å²) in [6.45, 7) is 5.21. The van der Waals surface area contributed by atoms with Crippen LogP contribution in [-0.4, -0.2) is 52.9 Å². The lowest BCUT2D eigenvalue weighted by Crippen LogP contribution is -2.24. The summed E-state index contributed by atoms with van der Waals surface area (Å²) in [5.41, 5.74) is 2.05. The number of carboxylic acid groups (broad SMARTS) is 1. The van der Waals surface area contributed by atoms with Gasteiger partial charge in [-0.1, -0.05) is 0 Å². The number of aromatic carboxylic acids is 1. The molecular formula is C24H25FN4O4S. The third kappa shape index (κ3) is 4.41. The molecule has 0 spiro atoms. The average molecular weight is 485 g/mol. The third-order valence-corrected chi connectivity index (χ3v) is 6.67. The zero-order chi connectivity index (χ0) is 24.4. The Morgan fingerprint density at radius 3 is 2.74 bits per heavy atom. The van der Waals surface area contributed by atoms with Gasteiger partial charge in [0, 0.05) is 43.4 Å². The van der Waals surface area contributed by atoms with Gasteiger partial charge in [0.2, 0.25) is 0 Å². The molecule has 4 aromatic rings. The number of hydrogen-bond donors (Lipinski definition) is 1. The van der Waals surface area contributed by atoms with Crippen molar-refractivity contribution in [3.05, 3.63) is 53.0 Å². The molecule has 1 N–H and O–H groups in total. The number of halogens is 1. The highest BCUT2D eigenvalue weighted by atomic mass is 32.1. The van der Waals surface area contributed by atoms with Gasteiger partial charge in [-0.05, 0) is 32.0 Å². The van der Waals surface area contributed by atoms with Crippen LogP contribution in [0, 0.1) is 12.7 Å². The molecule has 0 radical (unpaired) electrons. The maximum absolute atomic E-state index is 14.6. The fourth-order valence-electron chi connectivity index (χ4n) is 3.87. The molecule has 0 fully saturated rings. The molecule has 0 unspecified atom stereocenters. The predicted octanol–water partition coefficient (Wildman–Crippen LogP) is 4.85. The lowest BCUT2D eigenvalue weighted by molar-refractivity contribution is 0.0698. The second-order valence-corrected chi connectivity index (χ2v) is 8.73. The standard InChI is InChI=1S/C24H25FN4O4S/c1-5-33-19-12-20(34-23(19)24(30)31)17-11-21(27-13-26-17)28(3)8-9-29-14(2)10-15-18(32-4)7-6-16(25)22(15)29/h6-7,10-13H,5,8-9H2,1-4H3,(H,30,31). The highest BCUT2D eigenvalue weighted by Crippen LogP contribution is 2.36. The highest BCUT2D eigenvalue weighted by Gasteiger charge is 2.19. The van der Waals surface area contributed by atoms with Gasteiger partial charge in [-0.15, -0.1) is 11.3 Å². The fourth-order valence-corrected chi connectivity index (χ4v) is 4.78. The van der Waals surface area contributed by atoms with Gasteiger partial charge < -0.3 is 24.0 Å².